The quantitative estimate of drug-likeness (QED) is 0.766. The third-order valence-corrected chi connectivity index (χ3v) is 5.06. The number of hydrogen-bond donors (Lipinski definition) is 1. The van der Waals surface area contributed by atoms with Crippen molar-refractivity contribution < 1.29 is 0 Å². The number of hydrogen-bond acceptors (Lipinski definition) is 1. The molecule has 1 N–H and O–H groups in total. The van der Waals surface area contributed by atoms with E-state index >= 15 is 0 Å². The average Bonchev–Trinajstić information content (AvgIpc) is 2.44. The highest BCUT2D eigenvalue weighted by molar-refractivity contribution is 5.31. The second kappa shape index (κ2) is 7.26. The standard InChI is InChI=1S/C19H31N/c1-5-6-17-8-11-19(12-9-17)20-16(4)18-10-7-14(2)15(3)13-18/h7,10,13,16-17,19-20H,5-6,8-9,11-12H2,1-4H3. The summed E-state index contributed by atoms with van der Waals surface area (Å²) < 4.78 is 0. The van der Waals surface area contributed by atoms with Crippen molar-refractivity contribution in [2.45, 2.75) is 78.3 Å². The first-order chi connectivity index (χ1) is 9.60. The SMILES string of the molecule is CCCC1CCC(NC(C)c2ccc(C)c(C)c2)CC1. The van der Waals surface area contributed by atoms with Gasteiger partial charge in [0.1, 0.15) is 0 Å². The molecule has 1 unspecified atom stereocenters. The highest BCUT2D eigenvalue weighted by Gasteiger charge is 2.21. The Morgan fingerprint density at radius 1 is 1.10 bits per heavy atom. The van der Waals surface area contributed by atoms with E-state index in [2.05, 4.69) is 51.2 Å². The number of aryl methyl sites for hydroxylation is 2. The summed E-state index contributed by atoms with van der Waals surface area (Å²) in [6.45, 7) is 9.02. The van der Waals surface area contributed by atoms with Gasteiger partial charge in [0.15, 0.2) is 0 Å². The van der Waals surface area contributed by atoms with Gasteiger partial charge in [-0.25, -0.2) is 0 Å². The van der Waals surface area contributed by atoms with E-state index in [-0.39, 0.29) is 0 Å². The summed E-state index contributed by atoms with van der Waals surface area (Å²) in [5, 5.41) is 3.84. The van der Waals surface area contributed by atoms with Crippen molar-refractivity contribution >= 4 is 0 Å². The van der Waals surface area contributed by atoms with Gasteiger partial charge in [0.05, 0.1) is 0 Å². The van der Waals surface area contributed by atoms with Crippen LogP contribution in [0.2, 0.25) is 0 Å². The fraction of sp³-hybridized carbons (Fsp3) is 0.684. The molecule has 1 saturated carbocycles. The first-order valence-corrected chi connectivity index (χ1v) is 8.43. The molecule has 1 aromatic carbocycles. The summed E-state index contributed by atoms with van der Waals surface area (Å²) in [5.74, 6) is 0.995. The van der Waals surface area contributed by atoms with Gasteiger partial charge in [0.25, 0.3) is 0 Å². The molecule has 20 heavy (non-hydrogen) atoms. The Bertz CT molecular complexity index is 416. The molecule has 1 aliphatic rings. The van der Waals surface area contributed by atoms with Gasteiger partial charge >= 0.3 is 0 Å². The number of nitrogens with one attached hydrogen (secondary N) is 1. The van der Waals surface area contributed by atoms with Crippen LogP contribution in [0.4, 0.5) is 0 Å². The highest BCUT2D eigenvalue weighted by atomic mass is 14.9. The molecule has 1 fully saturated rings. The molecule has 1 aromatic rings. The Kier molecular flexibility index (Phi) is 5.65. The van der Waals surface area contributed by atoms with Gasteiger partial charge in [0.2, 0.25) is 0 Å². The van der Waals surface area contributed by atoms with Crippen molar-refractivity contribution in [1.82, 2.24) is 5.32 Å². The molecule has 0 aromatic heterocycles. The molecule has 0 aliphatic heterocycles. The highest BCUT2D eigenvalue weighted by Crippen LogP contribution is 2.29. The zero-order valence-corrected chi connectivity index (χ0v) is 13.7. The lowest BCUT2D eigenvalue weighted by Gasteiger charge is -2.31. The van der Waals surface area contributed by atoms with Crippen LogP contribution in [0.25, 0.3) is 0 Å². The normalized spacial score (nSPS) is 24.6. The third-order valence-electron chi connectivity index (χ3n) is 5.06. The largest absolute Gasteiger partial charge is 0.307 e. The van der Waals surface area contributed by atoms with Crippen molar-refractivity contribution in [3.05, 3.63) is 34.9 Å². The van der Waals surface area contributed by atoms with Crippen molar-refractivity contribution in [2.24, 2.45) is 5.92 Å². The van der Waals surface area contributed by atoms with E-state index in [0.29, 0.717) is 6.04 Å². The van der Waals surface area contributed by atoms with Crippen LogP contribution in [0.1, 0.15) is 75.1 Å². The first-order valence-electron chi connectivity index (χ1n) is 8.43. The summed E-state index contributed by atoms with van der Waals surface area (Å²) in [7, 11) is 0. The van der Waals surface area contributed by atoms with Gasteiger partial charge in [-0.3, -0.25) is 0 Å². The molecule has 0 radical (unpaired) electrons. The van der Waals surface area contributed by atoms with Crippen molar-refractivity contribution in [3.63, 3.8) is 0 Å². The summed E-state index contributed by atoms with van der Waals surface area (Å²) in [5.41, 5.74) is 4.23. The molecular formula is C19H31N. The summed E-state index contributed by atoms with van der Waals surface area (Å²) >= 11 is 0. The van der Waals surface area contributed by atoms with Gasteiger partial charge in [-0.05, 0) is 69.1 Å². The van der Waals surface area contributed by atoms with Crippen LogP contribution < -0.4 is 5.32 Å². The van der Waals surface area contributed by atoms with Crippen LogP contribution in [0.5, 0.6) is 0 Å². The molecule has 1 nitrogen and oxygen atoms in total. The zero-order valence-electron chi connectivity index (χ0n) is 13.7. The Balaban J connectivity index is 1.85. The lowest BCUT2D eigenvalue weighted by Crippen LogP contribution is -2.35. The second-order valence-electron chi connectivity index (χ2n) is 6.74. The van der Waals surface area contributed by atoms with Crippen LogP contribution in [0.15, 0.2) is 18.2 Å². The lowest BCUT2D eigenvalue weighted by molar-refractivity contribution is 0.266. The molecule has 1 atom stereocenters. The van der Waals surface area contributed by atoms with E-state index in [4.69, 9.17) is 0 Å². The Morgan fingerprint density at radius 2 is 1.80 bits per heavy atom. The first kappa shape index (κ1) is 15.6. The predicted molar refractivity (Wildman–Crippen MR) is 88.1 cm³/mol. The average molecular weight is 273 g/mol. The van der Waals surface area contributed by atoms with E-state index in [1.807, 2.05) is 0 Å². The monoisotopic (exact) mass is 273 g/mol. The summed E-state index contributed by atoms with van der Waals surface area (Å²) in [6, 6.07) is 8.07. The molecule has 0 heterocycles. The number of rotatable bonds is 5. The van der Waals surface area contributed by atoms with Crippen LogP contribution in [0.3, 0.4) is 0 Å². The zero-order chi connectivity index (χ0) is 14.5. The summed E-state index contributed by atoms with van der Waals surface area (Å²) in [6.07, 6.45) is 8.34. The van der Waals surface area contributed by atoms with Gasteiger partial charge in [-0.1, -0.05) is 38.0 Å². The predicted octanol–water partition coefficient (Wildman–Crippen LogP) is 5.31. The maximum absolute atomic E-state index is 3.84. The van der Waals surface area contributed by atoms with Crippen LogP contribution in [-0.4, -0.2) is 6.04 Å². The smallest absolute Gasteiger partial charge is 0.0294 e. The van der Waals surface area contributed by atoms with Crippen LogP contribution >= 0.6 is 0 Å². The Morgan fingerprint density at radius 3 is 2.40 bits per heavy atom. The fourth-order valence-corrected chi connectivity index (χ4v) is 3.51. The van der Waals surface area contributed by atoms with Crippen LogP contribution in [0, 0.1) is 19.8 Å². The molecule has 1 aliphatic carbocycles. The minimum Gasteiger partial charge on any atom is -0.307 e. The van der Waals surface area contributed by atoms with Crippen LogP contribution in [-0.2, 0) is 0 Å². The van der Waals surface area contributed by atoms with Gasteiger partial charge in [-0.2, -0.15) is 0 Å². The lowest BCUT2D eigenvalue weighted by atomic mass is 9.83. The molecule has 1 heteroatoms. The maximum Gasteiger partial charge on any atom is 0.0294 e. The topological polar surface area (TPSA) is 12.0 Å². The van der Waals surface area contributed by atoms with Crippen molar-refractivity contribution in [2.75, 3.05) is 0 Å². The molecule has 112 valence electrons. The molecule has 0 amide bonds. The molecule has 2 rings (SSSR count). The van der Waals surface area contributed by atoms with E-state index < -0.39 is 0 Å². The third kappa shape index (κ3) is 4.09. The Labute approximate surface area is 125 Å². The van der Waals surface area contributed by atoms with E-state index in [1.165, 1.54) is 55.2 Å². The molecular weight excluding hydrogens is 242 g/mol. The van der Waals surface area contributed by atoms with E-state index in [1.54, 1.807) is 0 Å². The van der Waals surface area contributed by atoms with Gasteiger partial charge in [0, 0.05) is 12.1 Å². The van der Waals surface area contributed by atoms with E-state index in [9.17, 15) is 0 Å². The minimum absolute atomic E-state index is 0.474. The minimum atomic E-state index is 0.474. The molecule has 0 saturated heterocycles. The maximum atomic E-state index is 3.84. The van der Waals surface area contributed by atoms with Crippen molar-refractivity contribution in [3.8, 4) is 0 Å². The Hall–Kier alpha value is -0.820. The summed E-state index contributed by atoms with van der Waals surface area (Å²) in [4.78, 5) is 0. The fourth-order valence-electron chi connectivity index (χ4n) is 3.51. The van der Waals surface area contributed by atoms with E-state index in [0.717, 1.165) is 12.0 Å². The van der Waals surface area contributed by atoms with Gasteiger partial charge in [-0.15, -0.1) is 0 Å². The second-order valence-corrected chi connectivity index (χ2v) is 6.74. The molecule has 0 spiro atoms. The van der Waals surface area contributed by atoms with Gasteiger partial charge < -0.3 is 5.32 Å². The van der Waals surface area contributed by atoms with Crippen molar-refractivity contribution in [1.29, 1.82) is 0 Å². The number of benzene rings is 1. The molecule has 0 bridgehead atoms.